The molecule has 2 saturated carbocycles. The first-order valence-corrected chi connectivity index (χ1v) is 9.50. The van der Waals surface area contributed by atoms with Gasteiger partial charge in [0.05, 0.1) is 5.69 Å². The fraction of sp³-hybridized carbons (Fsp3) is 0.529. The number of fused-ring (bicyclic) bond motifs is 2. The number of benzene rings is 1. The maximum Gasteiger partial charge on any atom is 0.306 e. The third-order valence-electron chi connectivity index (χ3n) is 4.88. The van der Waals surface area contributed by atoms with Crippen LogP contribution >= 0.6 is 31.9 Å². The number of rotatable bonds is 5. The number of halogens is 2. The van der Waals surface area contributed by atoms with Crippen molar-refractivity contribution in [1.82, 2.24) is 0 Å². The van der Waals surface area contributed by atoms with Crippen molar-refractivity contribution < 1.29 is 14.3 Å². The van der Waals surface area contributed by atoms with Gasteiger partial charge in [-0.3, -0.25) is 9.59 Å². The highest BCUT2D eigenvalue weighted by atomic mass is 79.9. The average Bonchev–Trinajstić information content (AvgIpc) is 3.11. The number of carbonyl (C=O) groups is 2. The van der Waals surface area contributed by atoms with E-state index in [0.29, 0.717) is 23.9 Å². The highest BCUT2D eigenvalue weighted by molar-refractivity contribution is 9.11. The van der Waals surface area contributed by atoms with Gasteiger partial charge in [0.15, 0.2) is 6.61 Å². The molecule has 3 rings (SSSR count). The highest BCUT2D eigenvalue weighted by Gasteiger charge is 2.40. The molecule has 0 radical (unpaired) electrons. The summed E-state index contributed by atoms with van der Waals surface area (Å²) in [6.07, 6.45) is 5.45. The summed E-state index contributed by atoms with van der Waals surface area (Å²) in [7, 11) is 0. The molecule has 0 spiro atoms. The maximum absolute atomic E-state index is 11.9. The lowest BCUT2D eigenvalue weighted by Crippen LogP contribution is -2.23. The van der Waals surface area contributed by atoms with Gasteiger partial charge >= 0.3 is 5.97 Å². The molecule has 1 aromatic carbocycles. The summed E-state index contributed by atoms with van der Waals surface area (Å²) in [5.74, 6) is 1.39. The second-order valence-corrected chi connectivity index (χ2v) is 8.24. The molecular formula is C17H19Br2NO3. The zero-order valence-corrected chi connectivity index (χ0v) is 15.9. The highest BCUT2D eigenvalue weighted by Crippen LogP contribution is 2.49. The molecule has 0 aromatic heterocycles. The zero-order valence-electron chi connectivity index (χ0n) is 12.7. The van der Waals surface area contributed by atoms with Crippen LogP contribution < -0.4 is 5.32 Å². The second kappa shape index (κ2) is 7.34. The number of ether oxygens (including phenoxy) is 1. The van der Waals surface area contributed by atoms with Crippen molar-refractivity contribution in [2.75, 3.05) is 11.9 Å². The van der Waals surface area contributed by atoms with Crippen LogP contribution in [0, 0.1) is 17.8 Å². The van der Waals surface area contributed by atoms with E-state index in [1.165, 1.54) is 19.3 Å². The summed E-state index contributed by atoms with van der Waals surface area (Å²) in [4.78, 5) is 23.8. The molecule has 23 heavy (non-hydrogen) atoms. The zero-order chi connectivity index (χ0) is 16.4. The molecule has 1 aromatic rings. The molecule has 0 heterocycles. The van der Waals surface area contributed by atoms with Gasteiger partial charge in [0, 0.05) is 15.4 Å². The SMILES string of the molecule is O=C(COC(=O)C[C@H]1C[C@@H]2CC[C@H]1C2)Nc1ccc(Br)cc1Br. The Morgan fingerprint density at radius 3 is 2.70 bits per heavy atom. The molecule has 0 unspecified atom stereocenters. The summed E-state index contributed by atoms with van der Waals surface area (Å²) in [6.45, 7) is -0.234. The van der Waals surface area contributed by atoms with E-state index in [-0.39, 0.29) is 18.5 Å². The van der Waals surface area contributed by atoms with E-state index in [4.69, 9.17) is 4.74 Å². The van der Waals surface area contributed by atoms with Crippen molar-refractivity contribution >= 4 is 49.4 Å². The maximum atomic E-state index is 11.9. The van der Waals surface area contributed by atoms with Crippen LogP contribution in [0.4, 0.5) is 5.69 Å². The third kappa shape index (κ3) is 4.35. The molecule has 3 atom stereocenters. The molecular weight excluding hydrogens is 426 g/mol. The Morgan fingerprint density at radius 2 is 2.04 bits per heavy atom. The number of amides is 1. The Labute approximate surface area is 152 Å². The lowest BCUT2D eigenvalue weighted by atomic mass is 9.86. The Hall–Kier alpha value is -0.880. The van der Waals surface area contributed by atoms with Crippen molar-refractivity contribution in [3.63, 3.8) is 0 Å². The monoisotopic (exact) mass is 443 g/mol. The largest absolute Gasteiger partial charge is 0.456 e. The van der Waals surface area contributed by atoms with Crippen LogP contribution in [0.3, 0.4) is 0 Å². The van der Waals surface area contributed by atoms with Gasteiger partial charge < -0.3 is 10.1 Å². The van der Waals surface area contributed by atoms with Crippen LogP contribution in [0.1, 0.15) is 32.1 Å². The van der Waals surface area contributed by atoms with Crippen LogP contribution in [-0.2, 0) is 14.3 Å². The number of hydrogen-bond donors (Lipinski definition) is 1. The van der Waals surface area contributed by atoms with E-state index >= 15 is 0 Å². The molecule has 2 aliphatic carbocycles. The summed E-state index contributed by atoms with van der Waals surface area (Å²) in [6, 6.07) is 5.46. The van der Waals surface area contributed by atoms with Crippen molar-refractivity contribution in [1.29, 1.82) is 0 Å². The number of nitrogens with one attached hydrogen (secondary N) is 1. The van der Waals surface area contributed by atoms with Crippen LogP contribution in [-0.4, -0.2) is 18.5 Å². The number of hydrogen-bond acceptors (Lipinski definition) is 3. The van der Waals surface area contributed by atoms with Crippen LogP contribution in [0.25, 0.3) is 0 Å². The minimum atomic E-state index is -0.325. The fourth-order valence-corrected chi connectivity index (χ4v) is 4.97. The van der Waals surface area contributed by atoms with Gasteiger partial charge in [0.2, 0.25) is 0 Å². The predicted molar refractivity (Wildman–Crippen MR) is 95.0 cm³/mol. The Kier molecular flexibility index (Phi) is 5.42. The minimum Gasteiger partial charge on any atom is -0.456 e. The molecule has 0 aliphatic heterocycles. The normalized spacial score (nSPS) is 25.4. The van der Waals surface area contributed by atoms with Crippen LogP contribution in [0.2, 0.25) is 0 Å². The first-order valence-electron chi connectivity index (χ1n) is 7.92. The minimum absolute atomic E-state index is 0.234. The molecule has 124 valence electrons. The molecule has 2 bridgehead atoms. The van der Waals surface area contributed by atoms with Crippen molar-refractivity contribution in [2.24, 2.45) is 17.8 Å². The summed E-state index contributed by atoms with van der Waals surface area (Å²) in [5.41, 5.74) is 0.655. The summed E-state index contributed by atoms with van der Waals surface area (Å²) < 4.78 is 6.82. The molecule has 2 fully saturated rings. The van der Waals surface area contributed by atoms with Gasteiger partial charge in [0.25, 0.3) is 5.91 Å². The topological polar surface area (TPSA) is 55.4 Å². The fourth-order valence-electron chi connectivity index (χ4n) is 3.82. The van der Waals surface area contributed by atoms with Crippen LogP contribution in [0.15, 0.2) is 27.1 Å². The predicted octanol–water partition coefficient (Wildman–Crippen LogP) is 4.52. The van der Waals surface area contributed by atoms with Crippen LogP contribution in [0.5, 0.6) is 0 Å². The molecule has 1 amide bonds. The summed E-state index contributed by atoms with van der Waals surface area (Å²) >= 11 is 6.74. The van der Waals surface area contributed by atoms with Gasteiger partial charge in [-0.1, -0.05) is 22.4 Å². The van der Waals surface area contributed by atoms with E-state index in [1.807, 2.05) is 12.1 Å². The van der Waals surface area contributed by atoms with Gasteiger partial charge in [-0.2, -0.15) is 0 Å². The molecule has 2 aliphatic rings. The first kappa shape index (κ1) is 17.0. The Bertz CT molecular complexity index is 620. The first-order chi connectivity index (χ1) is 11.0. The van der Waals surface area contributed by atoms with Gasteiger partial charge in [-0.15, -0.1) is 0 Å². The molecule has 4 nitrogen and oxygen atoms in total. The lowest BCUT2D eigenvalue weighted by Gasteiger charge is -2.20. The smallest absolute Gasteiger partial charge is 0.306 e. The quantitative estimate of drug-likeness (QED) is 0.679. The molecule has 1 N–H and O–H groups in total. The van der Waals surface area contributed by atoms with E-state index in [0.717, 1.165) is 21.3 Å². The standard InChI is InChI=1S/C17H19Br2NO3/c18-13-3-4-15(14(19)8-13)20-16(21)9-23-17(22)7-12-6-10-1-2-11(12)5-10/h3-4,8,10-12H,1-2,5-7,9H2,(H,20,21)/t10-,11+,12-/m1/s1. The van der Waals surface area contributed by atoms with E-state index in [1.54, 1.807) is 6.07 Å². The molecule has 6 heteroatoms. The third-order valence-corrected chi connectivity index (χ3v) is 6.03. The Morgan fingerprint density at radius 1 is 1.22 bits per heavy atom. The van der Waals surface area contributed by atoms with Gasteiger partial charge in [-0.25, -0.2) is 0 Å². The molecule has 0 saturated heterocycles. The van der Waals surface area contributed by atoms with E-state index in [2.05, 4.69) is 37.2 Å². The van der Waals surface area contributed by atoms with Crippen molar-refractivity contribution in [2.45, 2.75) is 32.1 Å². The van der Waals surface area contributed by atoms with Crippen molar-refractivity contribution in [3.05, 3.63) is 27.1 Å². The van der Waals surface area contributed by atoms with Crippen molar-refractivity contribution in [3.8, 4) is 0 Å². The van der Waals surface area contributed by atoms with Gasteiger partial charge in [0.1, 0.15) is 0 Å². The number of anilines is 1. The van der Waals surface area contributed by atoms with E-state index < -0.39 is 0 Å². The average molecular weight is 445 g/mol. The van der Waals surface area contributed by atoms with Gasteiger partial charge in [-0.05, 0) is 71.1 Å². The summed E-state index contributed by atoms with van der Waals surface area (Å²) in [5, 5.41) is 2.73. The Balaban J connectivity index is 1.42. The second-order valence-electron chi connectivity index (χ2n) is 6.47. The number of esters is 1. The lowest BCUT2D eigenvalue weighted by molar-refractivity contribution is -0.148. The van der Waals surface area contributed by atoms with E-state index in [9.17, 15) is 9.59 Å². The number of carbonyl (C=O) groups excluding carboxylic acids is 2.